The van der Waals surface area contributed by atoms with Gasteiger partial charge in [-0.3, -0.25) is 4.79 Å². The largest absolute Gasteiger partial charge is 0.377 e. The average molecular weight is 290 g/mol. The molecular weight excluding hydrogens is 271 g/mol. The van der Waals surface area contributed by atoms with Gasteiger partial charge in [-0.05, 0) is 32.0 Å². The minimum Gasteiger partial charge on any atom is -0.377 e. The third kappa shape index (κ3) is 3.41. The van der Waals surface area contributed by atoms with Gasteiger partial charge >= 0.3 is 0 Å². The van der Waals surface area contributed by atoms with Gasteiger partial charge < -0.3 is 15.4 Å². The van der Waals surface area contributed by atoms with Crippen LogP contribution >= 0.6 is 0 Å². The highest BCUT2D eigenvalue weighted by Gasteiger charge is 2.35. The molecule has 2 N–H and O–H groups in total. The molecule has 2 rings (SSSR count). The van der Waals surface area contributed by atoms with Crippen molar-refractivity contribution in [2.45, 2.75) is 19.4 Å². The minimum absolute atomic E-state index is 0.0359. The Bertz CT molecular complexity index is 602. The van der Waals surface area contributed by atoms with Crippen LogP contribution in [0.15, 0.2) is 18.2 Å². The third-order valence-corrected chi connectivity index (χ3v) is 3.42. The maximum absolute atomic E-state index is 14.0. The summed E-state index contributed by atoms with van der Waals surface area (Å²) < 4.78 is 19.4. The van der Waals surface area contributed by atoms with E-state index in [2.05, 4.69) is 11.8 Å². The van der Waals surface area contributed by atoms with E-state index in [1.807, 2.05) is 13.8 Å². The third-order valence-electron chi connectivity index (χ3n) is 3.42. The van der Waals surface area contributed by atoms with Crippen molar-refractivity contribution >= 4 is 5.91 Å². The van der Waals surface area contributed by atoms with Crippen molar-refractivity contribution < 1.29 is 13.9 Å². The quantitative estimate of drug-likeness (QED) is 0.795. The van der Waals surface area contributed by atoms with Crippen LogP contribution in [0.1, 0.15) is 29.8 Å². The fourth-order valence-corrected chi connectivity index (χ4v) is 2.30. The summed E-state index contributed by atoms with van der Waals surface area (Å²) in [6, 6.07) is 4.28. The van der Waals surface area contributed by atoms with Crippen LogP contribution in [-0.2, 0) is 4.74 Å². The van der Waals surface area contributed by atoms with Crippen molar-refractivity contribution in [1.82, 2.24) is 4.90 Å². The molecule has 0 saturated carbocycles. The molecule has 1 fully saturated rings. The van der Waals surface area contributed by atoms with Gasteiger partial charge in [0.25, 0.3) is 5.91 Å². The lowest BCUT2D eigenvalue weighted by molar-refractivity contribution is -0.0372. The SMILES string of the molecule is CC1(C)COCCN1C(=O)c1cc(C#CCN)ccc1F. The number of halogens is 1. The van der Waals surface area contributed by atoms with Crippen LogP contribution in [0, 0.1) is 17.7 Å². The van der Waals surface area contributed by atoms with Crippen LogP contribution in [0.2, 0.25) is 0 Å². The summed E-state index contributed by atoms with van der Waals surface area (Å²) in [7, 11) is 0. The number of carbonyl (C=O) groups is 1. The van der Waals surface area contributed by atoms with E-state index < -0.39 is 11.4 Å². The Hall–Kier alpha value is -1.90. The number of hydrogen-bond acceptors (Lipinski definition) is 3. The molecule has 1 heterocycles. The van der Waals surface area contributed by atoms with E-state index >= 15 is 0 Å². The van der Waals surface area contributed by atoms with Gasteiger partial charge in [-0.1, -0.05) is 11.8 Å². The molecule has 0 atom stereocenters. The first-order valence-corrected chi connectivity index (χ1v) is 6.84. The van der Waals surface area contributed by atoms with E-state index in [4.69, 9.17) is 10.5 Å². The lowest BCUT2D eigenvalue weighted by atomic mass is 10.00. The molecule has 0 aromatic heterocycles. The number of benzene rings is 1. The standard InChI is InChI=1S/C16H19FN2O2/c1-16(2)11-21-9-8-19(16)15(20)13-10-12(4-3-7-18)5-6-14(13)17/h5-6,10H,7-9,11,18H2,1-2H3. The Kier molecular flexibility index (Phi) is 4.61. The summed E-state index contributed by atoms with van der Waals surface area (Å²) in [6.07, 6.45) is 0. The van der Waals surface area contributed by atoms with Crippen LogP contribution in [-0.4, -0.2) is 42.6 Å². The van der Waals surface area contributed by atoms with E-state index in [1.165, 1.54) is 12.1 Å². The van der Waals surface area contributed by atoms with Crippen LogP contribution in [0.4, 0.5) is 4.39 Å². The predicted molar refractivity (Wildman–Crippen MR) is 78.3 cm³/mol. The van der Waals surface area contributed by atoms with E-state index in [-0.39, 0.29) is 18.0 Å². The molecule has 1 aromatic carbocycles. The first-order valence-electron chi connectivity index (χ1n) is 6.84. The number of ether oxygens (including phenoxy) is 1. The Labute approximate surface area is 124 Å². The molecule has 5 heteroatoms. The van der Waals surface area contributed by atoms with Gasteiger partial charge in [-0.2, -0.15) is 0 Å². The van der Waals surface area contributed by atoms with Gasteiger partial charge in [-0.25, -0.2) is 4.39 Å². The molecule has 1 aromatic rings. The highest BCUT2D eigenvalue weighted by atomic mass is 19.1. The highest BCUT2D eigenvalue weighted by molar-refractivity contribution is 5.95. The predicted octanol–water partition coefficient (Wildman–Crippen LogP) is 1.39. The second kappa shape index (κ2) is 6.25. The number of rotatable bonds is 1. The number of hydrogen-bond donors (Lipinski definition) is 1. The van der Waals surface area contributed by atoms with Gasteiger partial charge in [0.2, 0.25) is 0 Å². The fourth-order valence-electron chi connectivity index (χ4n) is 2.30. The molecule has 4 nitrogen and oxygen atoms in total. The normalized spacial score (nSPS) is 17.0. The van der Waals surface area contributed by atoms with Crippen LogP contribution in [0.5, 0.6) is 0 Å². The fraction of sp³-hybridized carbons (Fsp3) is 0.438. The second-order valence-electron chi connectivity index (χ2n) is 5.52. The zero-order valence-corrected chi connectivity index (χ0v) is 12.3. The Morgan fingerprint density at radius 3 is 2.95 bits per heavy atom. The molecule has 21 heavy (non-hydrogen) atoms. The smallest absolute Gasteiger partial charge is 0.257 e. The molecule has 0 spiro atoms. The van der Waals surface area contributed by atoms with Gasteiger partial charge in [0.05, 0.1) is 30.9 Å². The first kappa shape index (κ1) is 15.5. The van der Waals surface area contributed by atoms with Gasteiger partial charge in [0.15, 0.2) is 0 Å². The molecule has 1 saturated heterocycles. The van der Waals surface area contributed by atoms with Crippen LogP contribution in [0.3, 0.4) is 0 Å². The molecule has 1 aliphatic heterocycles. The van der Waals surface area contributed by atoms with Gasteiger partial charge in [0.1, 0.15) is 5.82 Å². The summed E-state index contributed by atoms with van der Waals surface area (Å²) in [6.45, 7) is 5.37. The molecule has 1 amide bonds. The maximum atomic E-state index is 14.0. The summed E-state index contributed by atoms with van der Waals surface area (Å²) in [5.41, 5.74) is 5.48. The minimum atomic E-state index is -0.541. The van der Waals surface area contributed by atoms with Crippen molar-refractivity contribution in [2.24, 2.45) is 5.73 Å². The summed E-state index contributed by atoms with van der Waals surface area (Å²) in [5, 5.41) is 0. The maximum Gasteiger partial charge on any atom is 0.257 e. The molecule has 1 aliphatic rings. The highest BCUT2D eigenvalue weighted by Crippen LogP contribution is 2.23. The van der Waals surface area contributed by atoms with E-state index in [9.17, 15) is 9.18 Å². The second-order valence-corrected chi connectivity index (χ2v) is 5.52. The van der Waals surface area contributed by atoms with Gasteiger partial charge in [-0.15, -0.1) is 0 Å². The molecule has 0 radical (unpaired) electrons. The van der Waals surface area contributed by atoms with Crippen LogP contribution < -0.4 is 5.73 Å². The van der Waals surface area contributed by atoms with Crippen molar-refractivity contribution in [3.8, 4) is 11.8 Å². The molecular formula is C16H19FN2O2. The molecule has 112 valence electrons. The molecule has 0 unspecified atom stereocenters. The van der Waals surface area contributed by atoms with Crippen LogP contribution in [0.25, 0.3) is 0 Å². The summed E-state index contributed by atoms with van der Waals surface area (Å²) >= 11 is 0. The lowest BCUT2D eigenvalue weighted by Crippen LogP contribution is -2.55. The Balaban J connectivity index is 2.34. The van der Waals surface area contributed by atoms with Crippen molar-refractivity contribution in [3.05, 3.63) is 35.1 Å². The monoisotopic (exact) mass is 290 g/mol. The number of amides is 1. The summed E-state index contributed by atoms with van der Waals surface area (Å²) in [5.74, 6) is 4.63. The Morgan fingerprint density at radius 2 is 2.29 bits per heavy atom. The topological polar surface area (TPSA) is 55.6 Å². The van der Waals surface area contributed by atoms with Crippen molar-refractivity contribution in [1.29, 1.82) is 0 Å². The zero-order chi connectivity index (χ0) is 15.5. The number of carbonyl (C=O) groups excluding carboxylic acids is 1. The van der Waals surface area contributed by atoms with Crippen molar-refractivity contribution in [2.75, 3.05) is 26.3 Å². The lowest BCUT2D eigenvalue weighted by Gasteiger charge is -2.42. The number of nitrogens with two attached hydrogens (primary N) is 1. The molecule has 0 bridgehead atoms. The van der Waals surface area contributed by atoms with E-state index in [1.54, 1.807) is 11.0 Å². The zero-order valence-electron chi connectivity index (χ0n) is 12.3. The van der Waals surface area contributed by atoms with Crippen molar-refractivity contribution in [3.63, 3.8) is 0 Å². The number of morpholine rings is 1. The first-order chi connectivity index (χ1) is 9.95. The van der Waals surface area contributed by atoms with Gasteiger partial charge in [0, 0.05) is 12.1 Å². The molecule has 0 aliphatic carbocycles. The Morgan fingerprint density at radius 1 is 1.52 bits per heavy atom. The average Bonchev–Trinajstić information content (AvgIpc) is 2.45. The van der Waals surface area contributed by atoms with E-state index in [0.717, 1.165) is 0 Å². The number of nitrogens with zero attached hydrogens (tertiary/aromatic N) is 1. The summed E-state index contributed by atoms with van der Waals surface area (Å²) in [4.78, 5) is 14.3. The van der Waals surface area contributed by atoms with E-state index in [0.29, 0.717) is 25.3 Å².